The van der Waals surface area contributed by atoms with E-state index in [4.69, 9.17) is 5.11 Å². The molecule has 2 heterocycles. The molecule has 2 aliphatic heterocycles. The summed E-state index contributed by atoms with van der Waals surface area (Å²) in [6.07, 6.45) is 5.10. The van der Waals surface area contributed by atoms with Crippen molar-refractivity contribution >= 4 is 17.3 Å². The van der Waals surface area contributed by atoms with Gasteiger partial charge in [0.25, 0.3) is 0 Å². The van der Waals surface area contributed by atoms with Crippen molar-refractivity contribution in [2.24, 2.45) is 0 Å². The molecule has 0 aromatic heterocycles. The second-order valence-corrected chi connectivity index (χ2v) is 4.96. The molecule has 0 bridgehead atoms. The zero-order valence-corrected chi connectivity index (χ0v) is 10.8. The van der Waals surface area contributed by atoms with Crippen molar-refractivity contribution in [1.82, 2.24) is 5.01 Å². The first kappa shape index (κ1) is 11.9. The minimum atomic E-state index is -0.772. The molecular weight excluding hydrogens is 242 g/mol. The number of aliphatic carboxylic acids is 1. The molecule has 2 unspecified atom stereocenters. The first-order valence-electron chi connectivity index (χ1n) is 6.43. The first-order valence-corrected chi connectivity index (χ1v) is 6.43. The fourth-order valence-corrected chi connectivity index (χ4v) is 2.87. The van der Waals surface area contributed by atoms with E-state index in [2.05, 4.69) is 21.4 Å². The van der Waals surface area contributed by atoms with Gasteiger partial charge in [0, 0.05) is 13.2 Å². The van der Waals surface area contributed by atoms with Crippen molar-refractivity contribution in [3.8, 4) is 0 Å². The van der Waals surface area contributed by atoms with Crippen LogP contribution in [0.5, 0.6) is 0 Å². The van der Waals surface area contributed by atoms with Crippen LogP contribution in [0.25, 0.3) is 0 Å². The van der Waals surface area contributed by atoms with Gasteiger partial charge in [-0.15, -0.1) is 0 Å². The quantitative estimate of drug-likeness (QED) is 0.849. The number of carboxylic acid groups (broad SMARTS) is 1. The van der Waals surface area contributed by atoms with Gasteiger partial charge < -0.3 is 10.4 Å². The lowest BCUT2D eigenvalue weighted by atomic mass is 10.0. The SMILES string of the molecule is CN1c2ccccc2NC(CC(=O)O)C2CC=CN21. The summed E-state index contributed by atoms with van der Waals surface area (Å²) in [4.78, 5) is 11.1. The van der Waals surface area contributed by atoms with E-state index in [-0.39, 0.29) is 18.5 Å². The third-order valence-corrected chi connectivity index (χ3v) is 3.77. The van der Waals surface area contributed by atoms with Gasteiger partial charge in [-0.05, 0) is 18.6 Å². The summed E-state index contributed by atoms with van der Waals surface area (Å²) < 4.78 is 0. The molecule has 0 fully saturated rings. The molecule has 2 atom stereocenters. The molecule has 2 N–H and O–H groups in total. The first-order chi connectivity index (χ1) is 9.16. The van der Waals surface area contributed by atoms with Crippen molar-refractivity contribution in [3.63, 3.8) is 0 Å². The highest BCUT2D eigenvalue weighted by Gasteiger charge is 2.35. The highest BCUT2D eigenvalue weighted by molar-refractivity contribution is 5.73. The van der Waals surface area contributed by atoms with E-state index in [1.54, 1.807) is 0 Å². The number of nitrogens with zero attached hydrogens (tertiary/aromatic N) is 2. The standard InChI is InChI=1S/C14H17N3O2/c1-16-12-6-3-2-5-10(12)15-11(9-14(18)19)13-7-4-8-17(13)16/h2-6,8,11,13,15H,7,9H2,1H3,(H,18,19). The predicted molar refractivity (Wildman–Crippen MR) is 73.9 cm³/mol. The Morgan fingerprint density at radius 2 is 2.26 bits per heavy atom. The van der Waals surface area contributed by atoms with Gasteiger partial charge in [0.2, 0.25) is 0 Å². The molecule has 3 rings (SSSR count). The van der Waals surface area contributed by atoms with E-state index >= 15 is 0 Å². The number of nitrogens with one attached hydrogen (secondary N) is 1. The van der Waals surface area contributed by atoms with Gasteiger partial charge >= 0.3 is 5.97 Å². The Hall–Kier alpha value is -2.17. The summed E-state index contributed by atoms with van der Waals surface area (Å²) in [5.41, 5.74) is 2.05. The number of anilines is 2. The van der Waals surface area contributed by atoms with Crippen LogP contribution in [0.2, 0.25) is 0 Å². The zero-order chi connectivity index (χ0) is 13.4. The molecule has 2 aliphatic rings. The summed E-state index contributed by atoms with van der Waals surface area (Å²) in [6, 6.07) is 8.03. The summed E-state index contributed by atoms with van der Waals surface area (Å²) in [5.74, 6) is -0.772. The molecule has 0 radical (unpaired) electrons. The number of carbonyl (C=O) groups is 1. The summed E-state index contributed by atoms with van der Waals surface area (Å²) in [6.45, 7) is 0. The van der Waals surface area contributed by atoms with Gasteiger partial charge in [-0.3, -0.25) is 14.8 Å². The topological polar surface area (TPSA) is 55.8 Å². The number of hydrazine groups is 1. The third kappa shape index (κ3) is 2.01. The number of hydrogen-bond donors (Lipinski definition) is 2. The predicted octanol–water partition coefficient (Wildman–Crippen LogP) is 1.89. The summed E-state index contributed by atoms with van der Waals surface area (Å²) >= 11 is 0. The Morgan fingerprint density at radius 1 is 1.47 bits per heavy atom. The minimum Gasteiger partial charge on any atom is -0.481 e. The number of hydrogen-bond acceptors (Lipinski definition) is 4. The van der Waals surface area contributed by atoms with Crippen LogP contribution in [0.3, 0.4) is 0 Å². The van der Waals surface area contributed by atoms with Crippen LogP contribution in [0.1, 0.15) is 12.8 Å². The molecule has 5 nitrogen and oxygen atoms in total. The van der Waals surface area contributed by atoms with E-state index in [1.165, 1.54) is 0 Å². The monoisotopic (exact) mass is 259 g/mol. The van der Waals surface area contributed by atoms with Gasteiger partial charge in [0.15, 0.2) is 0 Å². The Balaban J connectivity index is 2.00. The largest absolute Gasteiger partial charge is 0.481 e. The van der Waals surface area contributed by atoms with Crippen molar-refractivity contribution in [2.75, 3.05) is 17.4 Å². The summed E-state index contributed by atoms with van der Waals surface area (Å²) in [7, 11) is 2.01. The van der Waals surface area contributed by atoms with Crippen molar-refractivity contribution in [1.29, 1.82) is 0 Å². The van der Waals surface area contributed by atoms with Crippen LogP contribution in [0, 0.1) is 0 Å². The minimum absolute atomic E-state index is 0.0985. The van der Waals surface area contributed by atoms with Crippen LogP contribution in [0.15, 0.2) is 36.5 Å². The van der Waals surface area contributed by atoms with Gasteiger partial charge in [-0.1, -0.05) is 18.2 Å². The fourth-order valence-electron chi connectivity index (χ4n) is 2.87. The van der Waals surface area contributed by atoms with Gasteiger partial charge in [-0.2, -0.15) is 0 Å². The molecule has 0 amide bonds. The maximum Gasteiger partial charge on any atom is 0.305 e. The maximum atomic E-state index is 11.1. The van der Waals surface area contributed by atoms with Crippen LogP contribution < -0.4 is 10.3 Å². The fraction of sp³-hybridized carbons (Fsp3) is 0.357. The number of carboxylic acids is 1. The van der Waals surface area contributed by atoms with Gasteiger partial charge in [0.05, 0.1) is 29.9 Å². The van der Waals surface area contributed by atoms with Crippen LogP contribution in [-0.2, 0) is 4.79 Å². The molecule has 0 saturated heterocycles. The molecular formula is C14H17N3O2. The lowest BCUT2D eigenvalue weighted by Crippen LogP contribution is -2.47. The lowest BCUT2D eigenvalue weighted by Gasteiger charge is -2.35. The van der Waals surface area contributed by atoms with E-state index in [0.717, 1.165) is 17.8 Å². The Morgan fingerprint density at radius 3 is 3.05 bits per heavy atom. The van der Waals surface area contributed by atoms with E-state index in [1.807, 2.05) is 37.5 Å². The average Bonchev–Trinajstić information content (AvgIpc) is 2.83. The van der Waals surface area contributed by atoms with Crippen molar-refractivity contribution in [3.05, 3.63) is 36.5 Å². The van der Waals surface area contributed by atoms with Crippen LogP contribution in [-0.4, -0.2) is 35.2 Å². The summed E-state index contributed by atoms with van der Waals surface area (Å²) in [5, 5.41) is 16.7. The molecule has 0 spiro atoms. The van der Waals surface area contributed by atoms with Crippen LogP contribution in [0.4, 0.5) is 11.4 Å². The maximum absolute atomic E-state index is 11.1. The number of para-hydroxylation sites is 2. The second-order valence-electron chi connectivity index (χ2n) is 4.96. The highest BCUT2D eigenvalue weighted by Crippen LogP contribution is 2.35. The molecule has 1 aromatic carbocycles. The van der Waals surface area contributed by atoms with E-state index in [9.17, 15) is 4.79 Å². The Labute approximate surface area is 112 Å². The van der Waals surface area contributed by atoms with E-state index < -0.39 is 5.97 Å². The molecule has 5 heteroatoms. The molecule has 1 aromatic rings. The lowest BCUT2D eigenvalue weighted by molar-refractivity contribution is -0.137. The normalized spacial score (nSPS) is 24.5. The molecule has 0 saturated carbocycles. The number of benzene rings is 1. The van der Waals surface area contributed by atoms with Crippen LogP contribution >= 0.6 is 0 Å². The second kappa shape index (κ2) is 4.50. The Kier molecular flexibility index (Phi) is 2.81. The average molecular weight is 259 g/mol. The Bertz CT molecular complexity index is 529. The smallest absolute Gasteiger partial charge is 0.305 e. The molecule has 100 valence electrons. The zero-order valence-electron chi connectivity index (χ0n) is 10.8. The van der Waals surface area contributed by atoms with E-state index in [0.29, 0.717) is 0 Å². The molecule has 0 aliphatic carbocycles. The van der Waals surface area contributed by atoms with Crippen molar-refractivity contribution < 1.29 is 9.90 Å². The third-order valence-electron chi connectivity index (χ3n) is 3.77. The van der Waals surface area contributed by atoms with Gasteiger partial charge in [-0.25, -0.2) is 0 Å². The van der Waals surface area contributed by atoms with Gasteiger partial charge in [0.1, 0.15) is 0 Å². The number of fused-ring (bicyclic) bond motifs is 2. The number of rotatable bonds is 2. The highest BCUT2D eigenvalue weighted by atomic mass is 16.4. The van der Waals surface area contributed by atoms with Crippen molar-refractivity contribution in [2.45, 2.75) is 24.9 Å². The molecule has 19 heavy (non-hydrogen) atoms.